The summed E-state index contributed by atoms with van der Waals surface area (Å²) in [5, 5.41) is 0. The molecule has 0 aromatic heterocycles. The van der Waals surface area contributed by atoms with Gasteiger partial charge in [0, 0.05) is 56.7 Å². The van der Waals surface area contributed by atoms with E-state index >= 15 is 0 Å². The third-order valence-corrected chi connectivity index (χ3v) is 14.1. The van der Waals surface area contributed by atoms with Crippen molar-refractivity contribution in [2.45, 2.75) is 179 Å². The Morgan fingerprint density at radius 1 is 0.346 bits per heavy atom. The lowest BCUT2D eigenvalue weighted by Crippen LogP contribution is -2.13. The molecular formula is C63H105N15. The minimum Gasteiger partial charge on any atom is -0.398 e. The first-order valence-corrected chi connectivity index (χ1v) is 27.1. The molecule has 0 amide bonds. The second kappa shape index (κ2) is 29.2. The number of rotatable bonds is 7. The van der Waals surface area contributed by atoms with Crippen molar-refractivity contribution in [3.8, 4) is 0 Å². The monoisotopic (exact) mass is 1070 g/mol. The maximum atomic E-state index is 6.28. The van der Waals surface area contributed by atoms with Crippen LogP contribution in [0.5, 0.6) is 0 Å². The molecule has 6 aromatic carbocycles. The molecule has 0 heterocycles. The van der Waals surface area contributed by atoms with E-state index in [1.807, 2.05) is 45.9 Å². The van der Waals surface area contributed by atoms with Crippen LogP contribution in [0.25, 0.3) is 0 Å². The molecule has 0 aliphatic rings. The zero-order chi connectivity index (χ0) is 60.8. The highest BCUT2D eigenvalue weighted by molar-refractivity contribution is 5.80. The third kappa shape index (κ3) is 17.7. The Morgan fingerprint density at radius 2 is 0.692 bits per heavy atom. The minimum atomic E-state index is 0.0515. The van der Waals surface area contributed by atoms with E-state index in [-0.39, 0.29) is 5.41 Å². The van der Waals surface area contributed by atoms with Gasteiger partial charge in [0.1, 0.15) is 0 Å². The van der Waals surface area contributed by atoms with Gasteiger partial charge in [-0.05, 0) is 167 Å². The van der Waals surface area contributed by atoms with E-state index in [9.17, 15) is 0 Å². The molecule has 0 saturated carbocycles. The van der Waals surface area contributed by atoms with Gasteiger partial charge < -0.3 is 86.0 Å². The lowest BCUT2D eigenvalue weighted by molar-refractivity contribution is 0.591. The van der Waals surface area contributed by atoms with Crippen molar-refractivity contribution in [2.75, 3.05) is 86.0 Å². The van der Waals surface area contributed by atoms with Gasteiger partial charge in [-0.2, -0.15) is 0 Å². The molecule has 6 aromatic rings. The van der Waals surface area contributed by atoms with Crippen LogP contribution in [0.1, 0.15) is 200 Å². The lowest BCUT2D eigenvalue weighted by Gasteiger charge is -2.23. The maximum absolute atomic E-state index is 6.28. The van der Waals surface area contributed by atoms with Crippen molar-refractivity contribution in [1.82, 2.24) is 0 Å². The van der Waals surface area contributed by atoms with Gasteiger partial charge in [0.2, 0.25) is 0 Å². The van der Waals surface area contributed by atoms with Crippen molar-refractivity contribution < 1.29 is 0 Å². The molecule has 0 spiro atoms. The molecule has 0 unspecified atom stereocenters. The van der Waals surface area contributed by atoms with Crippen molar-refractivity contribution in [3.05, 3.63) is 121 Å². The Kier molecular flexibility index (Phi) is 25.6. The molecule has 30 N–H and O–H groups in total. The van der Waals surface area contributed by atoms with E-state index in [2.05, 4.69) is 122 Å². The van der Waals surface area contributed by atoms with Crippen LogP contribution >= 0.6 is 0 Å². The van der Waals surface area contributed by atoms with E-state index in [4.69, 9.17) is 86.0 Å². The first-order chi connectivity index (χ1) is 35.8. The molecule has 432 valence electrons. The molecule has 6 rings (SSSR count). The highest BCUT2D eigenvalue weighted by Gasteiger charge is 2.20. The summed E-state index contributed by atoms with van der Waals surface area (Å²) in [6.45, 7) is 39.9. The summed E-state index contributed by atoms with van der Waals surface area (Å²) >= 11 is 0. The molecule has 0 aliphatic heterocycles. The fourth-order valence-electron chi connectivity index (χ4n) is 8.70. The van der Waals surface area contributed by atoms with Gasteiger partial charge in [0.15, 0.2) is 0 Å². The highest BCUT2D eigenvalue weighted by atomic mass is 14.7. The van der Waals surface area contributed by atoms with Crippen molar-refractivity contribution in [1.29, 1.82) is 0 Å². The van der Waals surface area contributed by atoms with E-state index < -0.39 is 0 Å². The van der Waals surface area contributed by atoms with Crippen LogP contribution in [0, 0.1) is 27.7 Å². The number of aryl methyl sites for hydroxylation is 2. The summed E-state index contributed by atoms with van der Waals surface area (Å²) < 4.78 is 0. The van der Waals surface area contributed by atoms with E-state index in [0.717, 1.165) is 85.9 Å². The normalized spacial score (nSPS) is 10.9. The Labute approximate surface area is 470 Å². The molecule has 0 saturated heterocycles. The van der Waals surface area contributed by atoms with Gasteiger partial charge in [-0.3, -0.25) is 0 Å². The van der Waals surface area contributed by atoms with Crippen LogP contribution in [0.3, 0.4) is 0 Å². The third-order valence-electron chi connectivity index (χ3n) is 14.1. The molecular weight excluding hydrogens is 967 g/mol. The Morgan fingerprint density at radius 3 is 0.987 bits per heavy atom. The second-order valence-corrected chi connectivity index (χ2v) is 22.8. The first kappa shape index (κ1) is 68.3. The summed E-state index contributed by atoms with van der Waals surface area (Å²) in [7, 11) is 0. The Hall–Kier alpha value is -7.68. The summed E-state index contributed by atoms with van der Waals surface area (Å²) in [6, 6.07) is 17.2. The number of para-hydroxylation sites is 1. The zero-order valence-corrected chi connectivity index (χ0v) is 51.2. The number of benzene rings is 6. The van der Waals surface area contributed by atoms with Crippen molar-refractivity contribution in [2.24, 2.45) is 0 Å². The van der Waals surface area contributed by atoms with Gasteiger partial charge in [0.05, 0.1) is 34.1 Å². The average Bonchev–Trinajstić information content (AvgIpc) is 3.34. The van der Waals surface area contributed by atoms with Crippen molar-refractivity contribution >= 4 is 85.3 Å². The average molecular weight is 1070 g/mol. The SMILES string of the molecule is CC(C)(C)c1cc(N)c(N)c(N)c1.CC(C)c1cc(C(C)C)c(N)c(C(C)C)c1N.CC(C)c1cc(C(C)C)c(N)cc1N.CCc1cc(C)c(N)c(CC)c1N.Cc1c(N)c(C)c(N)c(C)c1N.Nc1cccc(N)c1N. The summed E-state index contributed by atoms with van der Waals surface area (Å²) in [5.41, 5.74) is 111. The smallest absolute Gasteiger partial charge is 0.0781 e. The van der Waals surface area contributed by atoms with Gasteiger partial charge in [-0.15, -0.1) is 0 Å². The van der Waals surface area contributed by atoms with Crippen molar-refractivity contribution in [3.63, 3.8) is 0 Å². The fraction of sp³-hybridized carbons (Fsp3) is 0.429. The molecule has 0 fully saturated rings. The molecule has 0 bridgehead atoms. The van der Waals surface area contributed by atoms with Crippen LogP contribution < -0.4 is 86.0 Å². The summed E-state index contributed by atoms with van der Waals surface area (Å²) in [5.74, 6) is 2.14. The molecule has 0 radical (unpaired) electrons. The van der Waals surface area contributed by atoms with Crippen LogP contribution in [0.15, 0.2) is 54.6 Å². The fourth-order valence-corrected chi connectivity index (χ4v) is 8.70. The van der Waals surface area contributed by atoms with Crippen LogP contribution in [0.4, 0.5) is 85.3 Å². The molecule has 15 nitrogen and oxygen atoms in total. The Bertz CT molecular complexity index is 2730. The number of hydrogen-bond acceptors (Lipinski definition) is 15. The second-order valence-electron chi connectivity index (χ2n) is 22.8. The number of hydrogen-bond donors (Lipinski definition) is 15. The molecule has 0 atom stereocenters. The molecule has 0 aliphatic carbocycles. The molecule has 15 heteroatoms. The zero-order valence-electron chi connectivity index (χ0n) is 51.2. The summed E-state index contributed by atoms with van der Waals surface area (Å²) in [6.07, 6.45) is 1.88. The van der Waals surface area contributed by atoms with Crippen LogP contribution in [-0.2, 0) is 18.3 Å². The predicted octanol–water partition coefficient (Wildman–Crippen LogP) is 13.1. The first-order valence-electron chi connectivity index (χ1n) is 27.1. The van der Waals surface area contributed by atoms with Gasteiger partial charge in [-0.1, -0.05) is 128 Å². The van der Waals surface area contributed by atoms with Gasteiger partial charge in [-0.25, -0.2) is 0 Å². The standard InChI is InChI=1S/C15H26N2.C12H20N2.C11H18N2.C10H17N3.C9H15N3.C6H9N3/c1-8(2)11-7-12(9(3)4)15(17)13(10(5)6)14(11)16;1-7(2)9-5-10(8(3)4)12(14)6-11(9)13;1-4-8-6-7(3)10(12)9(5-2)11(8)13;1-10(2,3)6-4-7(11)9(13)8(12)5-6;1-4-7(10)5(2)9(12)6(3)8(4)11;7-4-2-1-3-5(8)6(4)9/h7-10H,16-17H2,1-6H3;5-8H,13-14H2,1-4H3;6H,4-5,12-13H2,1-3H3;4-5H,11-13H2,1-3H3;10-12H2,1-3H3;1-3H,7-9H2. The van der Waals surface area contributed by atoms with E-state index in [0.29, 0.717) is 80.8 Å². The van der Waals surface area contributed by atoms with Gasteiger partial charge >= 0.3 is 0 Å². The topological polar surface area (TPSA) is 390 Å². The Balaban J connectivity index is 0.000000472. The molecule has 78 heavy (non-hydrogen) atoms. The summed E-state index contributed by atoms with van der Waals surface area (Å²) in [4.78, 5) is 0. The van der Waals surface area contributed by atoms with E-state index in [1.54, 1.807) is 18.2 Å². The van der Waals surface area contributed by atoms with Crippen LogP contribution in [0.2, 0.25) is 0 Å². The quantitative estimate of drug-likeness (QED) is 0.0661. The largest absolute Gasteiger partial charge is 0.398 e. The lowest BCUT2D eigenvalue weighted by atomic mass is 9.86. The predicted molar refractivity (Wildman–Crippen MR) is 352 cm³/mol. The van der Waals surface area contributed by atoms with E-state index in [1.165, 1.54) is 27.8 Å². The highest BCUT2D eigenvalue weighted by Crippen LogP contribution is 2.40. The van der Waals surface area contributed by atoms with Gasteiger partial charge in [0.25, 0.3) is 0 Å². The maximum Gasteiger partial charge on any atom is 0.0781 e. The van der Waals surface area contributed by atoms with Crippen LogP contribution in [-0.4, -0.2) is 0 Å². The number of nitrogen functional groups attached to an aromatic ring is 15. The minimum absolute atomic E-state index is 0.0515. The number of anilines is 15. The number of nitrogens with two attached hydrogens (primary N) is 15.